The Balaban J connectivity index is 1.40. The van der Waals surface area contributed by atoms with E-state index in [9.17, 15) is 9.59 Å². The van der Waals surface area contributed by atoms with Crippen LogP contribution < -0.4 is 21.1 Å². The highest BCUT2D eigenvalue weighted by Crippen LogP contribution is 2.30. The summed E-state index contributed by atoms with van der Waals surface area (Å²) in [6, 6.07) is 12.7. The average Bonchev–Trinajstić information content (AvgIpc) is 2.94. The molecule has 0 bridgehead atoms. The number of anilines is 4. The first-order valence-corrected chi connectivity index (χ1v) is 12.8. The van der Waals surface area contributed by atoms with Gasteiger partial charge >= 0.3 is 0 Å². The number of carbonyl (C=O) groups excluding carboxylic acids is 1. The van der Waals surface area contributed by atoms with E-state index < -0.39 is 5.56 Å². The first kappa shape index (κ1) is 26.3. The van der Waals surface area contributed by atoms with E-state index in [0.717, 1.165) is 31.9 Å². The van der Waals surface area contributed by atoms with E-state index in [-0.39, 0.29) is 23.8 Å². The van der Waals surface area contributed by atoms with E-state index in [2.05, 4.69) is 42.0 Å². The SMILES string of the molecule is C=CC(=O)Nc1cccc(-n2cnc(=O)c3cnc(Nc4ccc(N5CCN(CCO)CC5)c(Cl)c4)nc32)c1. The zero-order valence-electron chi connectivity index (χ0n) is 21.0. The van der Waals surface area contributed by atoms with Crippen LogP contribution in [0.4, 0.5) is 23.0 Å². The molecular formula is C27H27ClN8O3. The zero-order chi connectivity index (χ0) is 27.4. The summed E-state index contributed by atoms with van der Waals surface area (Å²) in [7, 11) is 0. The van der Waals surface area contributed by atoms with Crippen molar-refractivity contribution in [2.45, 2.75) is 0 Å². The fraction of sp³-hybridized carbons (Fsp3) is 0.222. The molecule has 1 saturated heterocycles. The van der Waals surface area contributed by atoms with Gasteiger partial charge in [0.2, 0.25) is 11.9 Å². The number of amides is 1. The second-order valence-electron chi connectivity index (χ2n) is 8.94. The highest BCUT2D eigenvalue weighted by molar-refractivity contribution is 6.33. The molecule has 2 aromatic heterocycles. The van der Waals surface area contributed by atoms with Crippen LogP contribution in [0.1, 0.15) is 0 Å². The van der Waals surface area contributed by atoms with Gasteiger partial charge < -0.3 is 20.6 Å². The summed E-state index contributed by atoms with van der Waals surface area (Å²) in [4.78, 5) is 41.5. The molecule has 0 atom stereocenters. The molecule has 0 unspecified atom stereocenters. The fourth-order valence-electron chi connectivity index (χ4n) is 4.44. The molecule has 1 amide bonds. The highest BCUT2D eigenvalue weighted by Gasteiger charge is 2.19. The van der Waals surface area contributed by atoms with Crippen molar-refractivity contribution in [3.8, 4) is 5.69 Å². The van der Waals surface area contributed by atoms with Crippen molar-refractivity contribution in [1.29, 1.82) is 0 Å². The number of β-amino-alcohol motifs (C(OH)–C–C–N with tert-alkyl or cyclic N) is 1. The van der Waals surface area contributed by atoms with E-state index in [1.54, 1.807) is 22.8 Å². The number of rotatable bonds is 8. The summed E-state index contributed by atoms with van der Waals surface area (Å²) in [5.74, 6) is -0.0584. The van der Waals surface area contributed by atoms with Crippen molar-refractivity contribution in [1.82, 2.24) is 24.4 Å². The maximum atomic E-state index is 12.4. The van der Waals surface area contributed by atoms with Gasteiger partial charge in [-0.25, -0.2) is 4.98 Å². The smallest absolute Gasteiger partial charge is 0.283 e. The fourth-order valence-corrected chi connectivity index (χ4v) is 4.74. The molecule has 1 aliphatic heterocycles. The number of benzene rings is 2. The number of fused-ring (bicyclic) bond motifs is 1. The number of halogens is 1. The van der Waals surface area contributed by atoms with Gasteiger partial charge in [0.1, 0.15) is 11.7 Å². The Morgan fingerprint density at radius 3 is 2.67 bits per heavy atom. The Bertz CT molecular complexity index is 1580. The molecule has 39 heavy (non-hydrogen) atoms. The third-order valence-corrected chi connectivity index (χ3v) is 6.73. The molecule has 1 fully saturated rings. The van der Waals surface area contributed by atoms with Crippen LogP contribution in [0.2, 0.25) is 5.02 Å². The second kappa shape index (κ2) is 11.6. The first-order valence-electron chi connectivity index (χ1n) is 12.4. The molecule has 0 spiro atoms. The number of carbonyl (C=O) groups is 1. The summed E-state index contributed by atoms with van der Waals surface area (Å²) >= 11 is 6.64. The van der Waals surface area contributed by atoms with Gasteiger partial charge in [-0.05, 0) is 42.5 Å². The molecule has 5 rings (SSSR count). The number of hydrogen-bond acceptors (Lipinski definition) is 9. The van der Waals surface area contributed by atoms with E-state index in [0.29, 0.717) is 34.3 Å². The van der Waals surface area contributed by atoms with Gasteiger partial charge in [-0.2, -0.15) is 9.97 Å². The molecule has 3 N–H and O–H groups in total. The molecule has 12 heteroatoms. The van der Waals surface area contributed by atoms with Crippen LogP contribution in [-0.4, -0.2) is 74.8 Å². The average molecular weight is 547 g/mol. The van der Waals surface area contributed by atoms with Crippen LogP contribution in [-0.2, 0) is 4.79 Å². The molecule has 3 heterocycles. The van der Waals surface area contributed by atoms with Gasteiger partial charge in [0.05, 0.1) is 23.0 Å². The van der Waals surface area contributed by atoms with Crippen LogP contribution in [0.15, 0.2) is 72.4 Å². The number of aromatic nitrogens is 4. The quantitative estimate of drug-likeness (QED) is 0.286. The van der Waals surface area contributed by atoms with Crippen LogP contribution in [0.3, 0.4) is 0 Å². The Morgan fingerprint density at radius 2 is 1.92 bits per heavy atom. The standard InChI is InChI=1S/C27H27ClN8O3/c1-2-24(38)31-18-4-3-5-20(14-18)36-17-30-26(39)21-16-29-27(33-25(21)36)32-19-6-7-23(22(28)15-19)35-10-8-34(9-11-35)12-13-37/h2-7,14-17,37H,1,8-13H2,(H,31,38)(H,29,32,33). The predicted molar refractivity (Wildman–Crippen MR) is 152 cm³/mol. The number of nitrogens with one attached hydrogen (secondary N) is 2. The lowest BCUT2D eigenvalue weighted by Crippen LogP contribution is -2.47. The molecular weight excluding hydrogens is 520 g/mol. The molecule has 2 aromatic carbocycles. The van der Waals surface area contributed by atoms with Gasteiger partial charge in [0.25, 0.3) is 5.56 Å². The summed E-state index contributed by atoms with van der Waals surface area (Å²) in [6.45, 7) is 7.68. The van der Waals surface area contributed by atoms with Crippen molar-refractivity contribution in [3.63, 3.8) is 0 Å². The number of piperazine rings is 1. The monoisotopic (exact) mass is 546 g/mol. The molecule has 200 valence electrons. The van der Waals surface area contributed by atoms with Crippen LogP contribution in [0.25, 0.3) is 16.7 Å². The minimum absolute atomic E-state index is 0.158. The Hall–Kier alpha value is -4.32. The lowest BCUT2D eigenvalue weighted by atomic mass is 10.2. The van der Waals surface area contributed by atoms with E-state index in [1.165, 1.54) is 18.6 Å². The third kappa shape index (κ3) is 5.90. The van der Waals surface area contributed by atoms with Crippen LogP contribution in [0.5, 0.6) is 0 Å². The number of aliphatic hydroxyl groups is 1. The highest BCUT2D eigenvalue weighted by atomic mass is 35.5. The lowest BCUT2D eigenvalue weighted by molar-refractivity contribution is -0.111. The van der Waals surface area contributed by atoms with Gasteiger partial charge in [-0.3, -0.25) is 19.1 Å². The first-order chi connectivity index (χ1) is 18.9. The predicted octanol–water partition coefficient (Wildman–Crippen LogP) is 2.81. The Morgan fingerprint density at radius 1 is 1.10 bits per heavy atom. The minimum atomic E-state index is -0.449. The molecule has 0 aliphatic carbocycles. The van der Waals surface area contributed by atoms with Crippen molar-refractivity contribution < 1.29 is 9.90 Å². The Kier molecular flexibility index (Phi) is 7.82. The maximum absolute atomic E-state index is 12.4. The Labute approximate surface area is 229 Å². The lowest BCUT2D eigenvalue weighted by Gasteiger charge is -2.36. The van der Waals surface area contributed by atoms with E-state index in [4.69, 9.17) is 16.7 Å². The molecule has 11 nitrogen and oxygen atoms in total. The molecule has 0 saturated carbocycles. The topological polar surface area (TPSA) is 129 Å². The third-order valence-electron chi connectivity index (χ3n) is 6.43. The molecule has 0 radical (unpaired) electrons. The van der Waals surface area contributed by atoms with Crippen LogP contribution >= 0.6 is 11.6 Å². The number of nitrogens with zero attached hydrogens (tertiary/aromatic N) is 6. The second-order valence-corrected chi connectivity index (χ2v) is 9.35. The minimum Gasteiger partial charge on any atom is -0.395 e. The van der Waals surface area contributed by atoms with Crippen molar-refractivity contribution >= 4 is 51.6 Å². The van der Waals surface area contributed by atoms with Gasteiger partial charge in [0, 0.05) is 50.3 Å². The van der Waals surface area contributed by atoms with Gasteiger partial charge in [-0.1, -0.05) is 24.2 Å². The molecule has 1 aliphatic rings. The van der Waals surface area contributed by atoms with Crippen molar-refractivity contribution in [2.75, 3.05) is 54.9 Å². The van der Waals surface area contributed by atoms with E-state index >= 15 is 0 Å². The molecule has 4 aromatic rings. The largest absolute Gasteiger partial charge is 0.395 e. The summed E-state index contributed by atoms with van der Waals surface area (Å²) in [5, 5.41) is 15.9. The maximum Gasteiger partial charge on any atom is 0.283 e. The zero-order valence-corrected chi connectivity index (χ0v) is 21.8. The summed E-state index contributed by atoms with van der Waals surface area (Å²) in [6.07, 6.45) is 4.01. The van der Waals surface area contributed by atoms with Gasteiger partial charge in [-0.15, -0.1) is 0 Å². The van der Waals surface area contributed by atoms with Crippen LogP contribution in [0, 0.1) is 0 Å². The normalized spacial score (nSPS) is 13.8. The van der Waals surface area contributed by atoms with E-state index in [1.807, 2.05) is 24.3 Å². The van der Waals surface area contributed by atoms with Crippen molar-refractivity contribution in [3.05, 3.63) is 83.0 Å². The van der Waals surface area contributed by atoms with Gasteiger partial charge in [0.15, 0.2) is 5.65 Å². The summed E-state index contributed by atoms with van der Waals surface area (Å²) < 4.78 is 1.65. The number of aliphatic hydroxyl groups excluding tert-OH is 1. The van der Waals surface area contributed by atoms with Crippen molar-refractivity contribution in [2.24, 2.45) is 0 Å². The summed E-state index contributed by atoms with van der Waals surface area (Å²) in [5.41, 5.74) is 2.73. The number of hydrogen-bond donors (Lipinski definition) is 3.